The lowest BCUT2D eigenvalue weighted by atomic mass is 10.1. The van der Waals surface area contributed by atoms with Gasteiger partial charge in [0.25, 0.3) is 0 Å². The molecule has 15 heavy (non-hydrogen) atoms. The van der Waals surface area contributed by atoms with E-state index in [0.717, 1.165) is 0 Å². The van der Waals surface area contributed by atoms with Crippen LogP contribution in [0.15, 0.2) is 0 Å². The standard InChI is InChI=1S/C10H15NO4/c1-6(10(14)15)3-4-11-8(12)5-7(2)9(11)13/h6-7H,3-5H2,1-2H3,(H,14,15). The summed E-state index contributed by atoms with van der Waals surface area (Å²) >= 11 is 0. The fraction of sp³-hybridized carbons (Fsp3) is 0.700. The van der Waals surface area contributed by atoms with Gasteiger partial charge in [0.1, 0.15) is 0 Å². The van der Waals surface area contributed by atoms with Crippen molar-refractivity contribution < 1.29 is 19.5 Å². The molecule has 0 aromatic carbocycles. The largest absolute Gasteiger partial charge is 0.481 e. The van der Waals surface area contributed by atoms with Crippen molar-refractivity contribution in [2.24, 2.45) is 11.8 Å². The zero-order valence-electron chi connectivity index (χ0n) is 8.90. The van der Waals surface area contributed by atoms with E-state index < -0.39 is 11.9 Å². The van der Waals surface area contributed by atoms with Crippen molar-refractivity contribution in [3.63, 3.8) is 0 Å². The molecule has 84 valence electrons. The van der Waals surface area contributed by atoms with E-state index >= 15 is 0 Å². The van der Waals surface area contributed by atoms with Crippen LogP contribution in [0.4, 0.5) is 0 Å². The predicted molar refractivity (Wildman–Crippen MR) is 51.9 cm³/mol. The normalized spacial score (nSPS) is 23.3. The maximum absolute atomic E-state index is 11.5. The summed E-state index contributed by atoms with van der Waals surface area (Å²) in [6.07, 6.45) is 0.569. The summed E-state index contributed by atoms with van der Waals surface area (Å²) in [5, 5.41) is 8.65. The summed E-state index contributed by atoms with van der Waals surface area (Å²) in [6, 6.07) is 0. The highest BCUT2D eigenvalue weighted by Gasteiger charge is 2.35. The summed E-state index contributed by atoms with van der Waals surface area (Å²) in [5.41, 5.74) is 0. The van der Waals surface area contributed by atoms with E-state index in [0.29, 0.717) is 6.42 Å². The van der Waals surface area contributed by atoms with Crippen molar-refractivity contribution in [1.82, 2.24) is 4.90 Å². The van der Waals surface area contributed by atoms with E-state index in [1.165, 1.54) is 4.90 Å². The molecule has 1 aliphatic rings. The first-order valence-electron chi connectivity index (χ1n) is 5.00. The van der Waals surface area contributed by atoms with Crippen LogP contribution >= 0.6 is 0 Å². The van der Waals surface area contributed by atoms with Gasteiger partial charge in [-0.05, 0) is 6.42 Å². The van der Waals surface area contributed by atoms with E-state index in [1.54, 1.807) is 13.8 Å². The minimum Gasteiger partial charge on any atom is -0.481 e. The van der Waals surface area contributed by atoms with Gasteiger partial charge >= 0.3 is 5.97 Å². The molecule has 0 spiro atoms. The molecule has 1 N–H and O–H groups in total. The van der Waals surface area contributed by atoms with Crippen LogP contribution in [0.25, 0.3) is 0 Å². The van der Waals surface area contributed by atoms with Gasteiger partial charge in [-0.25, -0.2) is 0 Å². The lowest BCUT2D eigenvalue weighted by molar-refractivity contribution is -0.144. The van der Waals surface area contributed by atoms with Crippen molar-refractivity contribution in [2.75, 3.05) is 6.54 Å². The number of carboxylic acid groups (broad SMARTS) is 1. The Hall–Kier alpha value is -1.39. The van der Waals surface area contributed by atoms with Gasteiger partial charge in [0.05, 0.1) is 5.92 Å². The van der Waals surface area contributed by atoms with Gasteiger partial charge < -0.3 is 5.11 Å². The number of imide groups is 1. The molecule has 0 saturated carbocycles. The number of aliphatic carboxylic acids is 1. The molecule has 1 aliphatic heterocycles. The van der Waals surface area contributed by atoms with Gasteiger partial charge in [-0.2, -0.15) is 0 Å². The quantitative estimate of drug-likeness (QED) is 0.690. The maximum Gasteiger partial charge on any atom is 0.306 e. The minimum absolute atomic E-state index is 0.183. The molecule has 1 heterocycles. The molecular weight excluding hydrogens is 198 g/mol. The van der Waals surface area contributed by atoms with Crippen molar-refractivity contribution in [3.05, 3.63) is 0 Å². The smallest absolute Gasteiger partial charge is 0.306 e. The van der Waals surface area contributed by atoms with Gasteiger partial charge in [0.15, 0.2) is 0 Å². The number of likely N-dealkylation sites (tertiary alicyclic amines) is 1. The van der Waals surface area contributed by atoms with Crippen LogP contribution in [0.3, 0.4) is 0 Å². The summed E-state index contributed by atoms with van der Waals surface area (Å²) in [4.78, 5) is 34.5. The first-order chi connectivity index (χ1) is 6.93. The van der Waals surface area contributed by atoms with Crippen molar-refractivity contribution in [3.8, 4) is 0 Å². The number of hydrogen-bond donors (Lipinski definition) is 1. The number of amides is 2. The van der Waals surface area contributed by atoms with Gasteiger partial charge in [0, 0.05) is 18.9 Å². The number of carbonyl (C=O) groups is 3. The topological polar surface area (TPSA) is 74.7 Å². The van der Waals surface area contributed by atoms with Crippen LogP contribution in [-0.4, -0.2) is 34.3 Å². The Morgan fingerprint density at radius 3 is 2.60 bits per heavy atom. The Morgan fingerprint density at radius 1 is 1.60 bits per heavy atom. The van der Waals surface area contributed by atoms with Crippen LogP contribution < -0.4 is 0 Å². The first-order valence-corrected chi connectivity index (χ1v) is 5.00. The molecule has 1 rings (SSSR count). The average Bonchev–Trinajstić information content (AvgIpc) is 2.38. The molecular formula is C10H15NO4. The molecule has 1 saturated heterocycles. The van der Waals surface area contributed by atoms with Crippen LogP contribution in [0.5, 0.6) is 0 Å². The molecule has 2 unspecified atom stereocenters. The van der Waals surface area contributed by atoms with Crippen molar-refractivity contribution >= 4 is 17.8 Å². The molecule has 0 aliphatic carbocycles. The molecule has 5 heteroatoms. The van der Waals surface area contributed by atoms with Crippen LogP contribution in [0.1, 0.15) is 26.7 Å². The number of carboxylic acids is 1. The molecule has 5 nitrogen and oxygen atoms in total. The Labute approximate surface area is 88.1 Å². The lowest BCUT2D eigenvalue weighted by Crippen LogP contribution is -2.32. The Kier molecular flexibility index (Phi) is 3.44. The maximum atomic E-state index is 11.5. The SMILES string of the molecule is CC(CCN1C(=O)CC(C)C1=O)C(=O)O. The third kappa shape index (κ3) is 2.55. The molecule has 0 aromatic heterocycles. The number of hydrogen-bond acceptors (Lipinski definition) is 3. The zero-order valence-corrected chi connectivity index (χ0v) is 8.90. The lowest BCUT2D eigenvalue weighted by Gasteiger charge is -2.15. The van der Waals surface area contributed by atoms with Gasteiger partial charge in [-0.15, -0.1) is 0 Å². The van der Waals surface area contributed by atoms with Crippen molar-refractivity contribution in [1.29, 1.82) is 0 Å². The monoisotopic (exact) mass is 213 g/mol. The second-order valence-corrected chi connectivity index (χ2v) is 4.02. The molecule has 0 aromatic rings. The van der Waals surface area contributed by atoms with Gasteiger partial charge in [-0.3, -0.25) is 19.3 Å². The first kappa shape index (κ1) is 11.7. The van der Waals surface area contributed by atoms with E-state index in [4.69, 9.17) is 5.11 Å². The minimum atomic E-state index is -0.901. The van der Waals surface area contributed by atoms with E-state index in [1.807, 2.05) is 0 Å². The summed E-state index contributed by atoms with van der Waals surface area (Å²) in [7, 11) is 0. The van der Waals surface area contributed by atoms with Crippen LogP contribution in [0.2, 0.25) is 0 Å². The number of rotatable bonds is 4. The third-order valence-electron chi connectivity index (χ3n) is 2.68. The van der Waals surface area contributed by atoms with Crippen LogP contribution in [-0.2, 0) is 14.4 Å². The van der Waals surface area contributed by atoms with Crippen LogP contribution in [0, 0.1) is 11.8 Å². The fourth-order valence-electron chi connectivity index (χ4n) is 1.53. The summed E-state index contributed by atoms with van der Waals surface area (Å²) in [5.74, 6) is -2.05. The van der Waals surface area contributed by atoms with Gasteiger partial charge in [0.2, 0.25) is 11.8 Å². The second-order valence-electron chi connectivity index (χ2n) is 4.02. The highest BCUT2D eigenvalue weighted by Crippen LogP contribution is 2.19. The molecule has 1 fully saturated rings. The zero-order chi connectivity index (χ0) is 11.6. The highest BCUT2D eigenvalue weighted by molar-refractivity contribution is 6.03. The Morgan fingerprint density at radius 2 is 2.20 bits per heavy atom. The summed E-state index contributed by atoms with van der Waals surface area (Å²) < 4.78 is 0. The number of nitrogens with zero attached hydrogens (tertiary/aromatic N) is 1. The highest BCUT2D eigenvalue weighted by atomic mass is 16.4. The van der Waals surface area contributed by atoms with E-state index in [9.17, 15) is 14.4 Å². The molecule has 0 bridgehead atoms. The van der Waals surface area contributed by atoms with E-state index in [2.05, 4.69) is 0 Å². The fourth-order valence-corrected chi connectivity index (χ4v) is 1.53. The number of carbonyl (C=O) groups excluding carboxylic acids is 2. The molecule has 2 atom stereocenters. The van der Waals surface area contributed by atoms with Gasteiger partial charge in [-0.1, -0.05) is 13.8 Å². The second kappa shape index (κ2) is 4.42. The molecule has 0 radical (unpaired) electrons. The Balaban J connectivity index is 2.49. The predicted octanol–water partition coefficient (Wildman–Crippen LogP) is 0.492. The Bertz CT molecular complexity index is 300. The third-order valence-corrected chi connectivity index (χ3v) is 2.68. The average molecular weight is 213 g/mol. The molecule has 2 amide bonds. The van der Waals surface area contributed by atoms with E-state index in [-0.39, 0.29) is 30.7 Å². The van der Waals surface area contributed by atoms with Crippen molar-refractivity contribution in [2.45, 2.75) is 26.7 Å². The summed E-state index contributed by atoms with van der Waals surface area (Å²) in [6.45, 7) is 3.49.